The van der Waals surface area contributed by atoms with E-state index in [1.807, 2.05) is 23.0 Å². The Labute approximate surface area is 157 Å². The van der Waals surface area contributed by atoms with Gasteiger partial charge in [-0.3, -0.25) is 4.99 Å². The van der Waals surface area contributed by atoms with Crippen LogP contribution >= 0.6 is 0 Å². The number of hydrogen-bond acceptors (Lipinski definition) is 7. The van der Waals surface area contributed by atoms with Crippen LogP contribution in [0.25, 0.3) is 11.0 Å². The fourth-order valence-corrected chi connectivity index (χ4v) is 4.29. The third-order valence-corrected chi connectivity index (χ3v) is 5.57. The summed E-state index contributed by atoms with van der Waals surface area (Å²) in [7, 11) is 0. The number of nitrogens with zero attached hydrogens (tertiary/aromatic N) is 6. The molecule has 0 spiro atoms. The maximum absolute atomic E-state index is 9.53. The van der Waals surface area contributed by atoms with E-state index in [0.717, 1.165) is 47.9 Å². The highest BCUT2D eigenvalue weighted by molar-refractivity contribution is 6.04. The lowest BCUT2D eigenvalue weighted by Crippen LogP contribution is -2.44. The number of aliphatic hydroxyl groups is 1. The van der Waals surface area contributed by atoms with Gasteiger partial charge < -0.3 is 19.6 Å². The number of β-amino-alcohol motifs (C(OH)–C–C–N with tert-alkyl or cyclic N) is 1. The molecule has 2 aromatic heterocycles. The maximum atomic E-state index is 9.53. The summed E-state index contributed by atoms with van der Waals surface area (Å²) >= 11 is 0. The average Bonchev–Trinajstić information content (AvgIpc) is 3.41. The molecule has 142 valence electrons. The minimum Gasteiger partial charge on any atom is -0.395 e. The molecule has 27 heavy (non-hydrogen) atoms. The number of aliphatic hydroxyl groups excluding tert-OH is 1. The Kier molecular flexibility index (Phi) is 4.09. The van der Waals surface area contributed by atoms with E-state index < -0.39 is 0 Å². The second-order valence-corrected chi connectivity index (χ2v) is 7.24. The number of morpholine rings is 1. The average molecular weight is 368 g/mol. The van der Waals surface area contributed by atoms with Crippen LogP contribution in [0.2, 0.25) is 0 Å². The van der Waals surface area contributed by atoms with E-state index in [4.69, 9.17) is 9.72 Å². The van der Waals surface area contributed by atoms with E-state index in [2.05, 4.69) is 26.8 Å². The predicted molar refractivity (Wildman–Crippen MR) is 105 cm³/mol. The monoisotopic (exact) mass is 368 g/mol. The first kappa shape index (κ1) is 16.7. The molecule has 0 amide bonds. The van der Waals surface area contributed by atoms with Crippen molar-refractivity contribution in [2.24, 2.45) is 4.99 Å². The van der Waals surface area contributed by atoms with Gasteiger partial charge in [0, 0.05) is 25.2 Å². The van der Waals surface area contributed by atoms with Gasteiger partial charge in [-0.05, 0) is 19.4 Å². The molecule has 1 atom stereocenters. The van der Waals surface area contributed by atoms with Crippen molar-refractivity contribution in [1.29, 1.82) is 0 Å². The summed E-state index contributed by atoms with van der Waals surface area (Å²) in [4.78, 5) is 14.2. The highest BCUT2D eigenvalue weighted by Crippen LogP contribution is 2.41. The molecule has 1 saturated heterocycles. The van der Waals surface area contributed by atoms with Gasteiger partial charge in [0.25, 0.3) is 0 Å². The highest BCUT2D eigenvalue weighted by atomic mass is 16.5. The molecule has 3 aliphatic heterocycles. The highest BCUT2D eigenvalue weighted by Gasteiger charge is 2.32. The summed E-state index contributed by atoms with van der Waals surface area (Å²) in [6.45, 7) is 6.78. The lowest BCUT2D eigenvalue weighted by atomic mass is 10.1. The molecular formula is C19H24N6O2. The molecule has 8 heteroatoms. The van der Waals surface area contributed by atoms with Crippen molar-refractivity contribution >= 4 is 28.4 Å². The fourth-order valence-electron chi connectivity index (χ4n) is 4.29. The van der Waals surface area contributed by atoms with E-state index in [0.29, 0.717) is 26.3 Å². The minimum atomic E-state index is 0.135. The van der Waals surface area contributed by atoms with Crippen LogP contribution in [0.3, 0.4) is 0 Å². The Hall–Kier alpha value is -2.45. The second-order valence-electron chi connectivity index (χ2n) is 7.24. The Bertz CT molecular complexity index is 934. The zero-order valence-corrected chi connectivity index (χ0v) is 15.5. The van der Waals surface area contributed by atoms with Crippen LogP contribution in [-0.4, -0.2) is 77.7 Å². The number of pyridine rings is 1. The van der Waals surface area contributed by atoms with Crippen LogP contribution in [0.4, 0.5) is 11.5 Å². The molecule has 5 rings (SSSR count). The molecule has 2 aromatic rings. The van der Waals surface area contributed by atoms with Crippen molar-refractivity contribution in [2.75, 3.05) is 55.8 Å². The van der Waals surface area contributed by atoms with Crippen LogP contribution < -0.4 is 9.80 Å². The Morgan fingerprint density at radius 3 is 3.04 bits per heavy atom. The zero-order valence-electron chi connectivity index (χ0n) is 15.5. The third-order valence-electron chi connectivity index (χ3n) is 5.57. The Morgan fingerprint density at radius 2 is 2.26 bits per heavy atom. The van der Waals surface area contributed by atoms with Crippen molar-refractivity contribution in [2.45, 2.75) is 19.4 Å². The van der Waals surface area contributed by atoms with Gasteiger partial charge in [0.05, 0.1) is 49.7 Å². The van der Waals surface area contributed by atoms with Crippen LogP contribution in [0.5, 0.6) is 0 Å². The minimum absolute atomic E-state index is 0.135. The number of aliphatic imine (C=N–C) groups is 1. The van der Waals surface area contributed by atoms with Gasteiger partial charge in [0.2, 0.25) is 0 Å². The van der Waals surface area contributed by atoms with E-state index in [1.54, 1.807) is 0 Å². The van der Waals surface area contributed by atoms with Crippen LogP contribution in [-0.2, 0) is 11.2 Å². The number of anilines is 2. The first-order valence-corrected chi connectivity index (χ1v) is 9.60. The summed E-state index contributed by atoms with van der Waals surface area (Å²) in [5.41, 5.74) is 3.25. The van der Waals surface area contributed by atoms with Crippen LogP contribution in [0.15, 0.2) is 23.3 Å². The Balaban J connectivity index is 1.72. The van der Waals surface area contributed by atoms with Gasteiger partial charge >= 0.3 is 0 Å². The number of fused-ring (bicyclic) bond motifs is 3. The van der Waals surface area contributed by atoms with Gasteiger partial charge in [-0.15, -0.1) is 0 Å². The molecule has 3 aliphatic rings. The second kappa shape index (κ2) is 6.61. The number of hydrogen-bond donors (Lipinski definition) is 1. The molecule has 0 radical (unpaired) electrons. The van der Waals surface area contributed by atoms with E-state index >= 15 is 0 Å². The molecule has 0 aliphatic carbocycles. The number of ether oxygens (including phenoxy) is 1. The Morgan fingerprint density at radius 1 is 1.33 bits per heavy atom. The van der Waals surface area contributed by atoms with Crippen molar-refractivity contribution in [1.82, 2.24) is 14.8 Å². The van der Waals surface area contributed by atoms with E-state index in [9.17, 15) is 5.11 Å². The number of rotatable bonds is 3. The smallest absolute Gasteiger partial charge is 0.169 e. The van der Waals surface area contributed by atoms with Gasteiger partial charge in [-0.2, -0.15) is 9.78 Å². The first-order chi connectivity index (χ1) is 13.3. The molecule has 0 aromatic carbocycles. The summed E-state index contributed by atoms with van der Waals surface area (Å²) in [5, 5.41) is 15.2. The molecule has 0 saturated carbocycles. The molecular weight excluding hydrogens is 344 g/mol. The molecule has 1 N–H and O–H groups in total. The van der Waals surface area contributed by atoms with Crippen LogP contribution in [0, 0.1) is 0 Å². The van der Waals surface area contributed by atoms with Crippen molar-refractivity contribution in [3.8, 4) is 0 Å². The molecule has 0 bridgehead atoms. The molecule has 0 unspecified atom stereocenters. The van der Waals surface area contributed by atoms with E-state index in [1.165, 1.54) is 5.56 Å². The topological polar surface area (TPSA) is 79.0 Å². The zero-order chi connectivity index (χ0) is 18.4. The van der Waals surface area contributed by atoms with Gasteiger partial charge in [0.15, 0.2) is 11.5 Å². The standard InChI is InChI=1S/C19H24N6O2/c1-13-12-27-10-8-24(13)18-14-4-6-23(7-9-26)17(14)15-11-21-25(19(15)22-18)16-3-2-5-20-16/h2-3,11,13,26H,4-10,12H2,1H3/t13-/m1/s1. The predicted octanol–water partition coefficient (Wildman–Crippen LogP) is 0.828. The third kappa shape index (κ3) is 2.62. The van der Waals surface area contributed by atoms with Gasteiger partial charge in [-0.25, -0.2) is 4.98 Å². The summed E-state index contributed by atoms with van der Waals surface area (Å²) in [5.74, 6) is 1.85. The molecule has 1 fully saturated rings. The number of aromatic nitrogens is 3. The SMILES string of the molecule is C[C@@H]1COCCN1c1nc2c(cnn2C2=NCC=C2)c2c1CCN2CCO. The van der Waals surface area contributed by atoms with Gasteiger partial charge in [-0.1, -0.05) is 6.08 Å². The fraction of sp³-hybridized carbons (Fsp3) is 0.526. The lowest BCUT2D eigenvalue weighted by Gasteiger charge is -2.35. The van der Waals surface area contributed by atoms with Crippen molar-refractivity contribution in [3.05, 3.63) is 23.9 Å². The first-order valence-electron chi connectivity index (χ1n) is 9.60. The molecule has 5 heterocycles. The summed E-state index contributed by atoms with van der Waals surface area (Å²) in [6.07, 6.45) is 6.84. The quantitative estimate of drug-likeness (QED) is 0.865. The maximum Gasteiger partial charge on any atom is 0.169 e. The van der Waals surface area contributed by atoms with Crippen molar-refractivity contribution < 1.29 is 9.84 Å². The van der Waals surface area contributed by atoms with E-state index in [-0.39, 0.29) is 12.6 Å². The largest absolute Gasteiger partial charge is 0.395 e. The van der Waals surface area contributed by atoms with Crippen molar-refractivity contribution in [3.63, 3.8) is 0 Å². The summed E-state index contributed by atoms with van der Waals surface area (Å²) < 4.78 is 7.47. The van der Waals surface area contributed by atoms with Crippen LogP contribution in [0.1, 0.15) is 12.5 Å². The number of allylic oxidation sites excluding steroid dienone is 1. The normalized spacial score (nSPS) is 22.0. The summed E-state index contributed by atoms with van der Waals surface area (Å²) in [6, 6.07) is 0.278. The molecule has 8 nitrogen and oxygen atoms in total. The van der Waals surface area contributed by atoms with Gasteiger partial charge in [0.1, 0.15) is 5.82 Å². The lowest BCUT2D eigenvalue weighted by molar-refractivity contribution is 0.0985.